The first-order valence-corrected chi connectivity index (χ1v) is 9.05. The molecule has 4 rings (SSSR count). The Kier molecular flexibility index (Phi) is 4.23. The highest BCUT2D eigenvalue weighted by Gasteiger charge is 2.38. The van der Waals surface area contributed by atoms with Gasteiger partial charge in [0.1, 0.15) is 23.9 Å². The molecule has 0 spiro atoms. The van der Waals surface area contributed by atoms with Gasteiger partial charge in [-0.05, 0) is 36.5 Å². The van der Waals surface area contributed by atoms with E-state index in [4.69, 9.17) is 9.84 Å². The molecule has 0 radical (unpaired) electrons. The smallest absolute Gasteiger partial charge is 0.201 e. The number of hydrogen-bond acceptors (Lipinski definition) is 6. The van der Waals surface area contributed by atoms with Crippen LogP contribution in [0.1, 0.15) is 44.6 Å². The third-order valence-corrected chi connectivity index (χ3v) is 5.79. The van der Waals surface area contributed by atoms with Crippen LogP contribution in [0.15, 0.2) is 24.8 Å². The molecule has 0 bridgehead atoms. The van der Waals surface area contributed by atoms with Gasteiger partial charge in [0.2, 0.25) is 5.78 Å². The molecule has 0 amide bonds. The number of fused-ring (bicyclic) bond motifs is 3. The summed E-state index contributed by atoms with van der Waals surface area (Å²) in [6.45, 7) is 3.48. The minimum absolute atomic E-state index is 0.0187. The summed E-state index contributed by atoms with van der Waals surface area (Å²) >= 11 is 0. The van der Waals surface area contributed by atoms with Gasteiger partial charge in [0, 0.05) is 22.6 Å². The van der Waals surface area contributed by atoms with Crippen LogP contribution in [0.25, 0.3) is 5.57 Å². The fourth-order valence-corrected chi connectivity index (χ4v) is 4.35. The number of ketones is 2. The Hall–Kier alpha value is -3.12. The number of aliphatic hydroxyl groups is 1. The number of Topliss-reactive ketones (excluding diaryl/α,β-unsaturated/α-hetero) is 1. The number of methoxy groups -OCH3 is 1. The highest BCUT2D eigenvalue weighted by Crippen LogP contribution is 2.50. The number of hydrogen-bond donors (Lipinski definition) is 3. The fourth-order valence-electron chi connectivity index (χ4n) is 4.35. The maximum atomic E-state index is 13.2. The van der Waals surface area contributed by atoms with E-state index in [9.17, 15) is 19.8 Å². The molecule has 2 aromatic rings. The number of ether oxygens (including phenoxy) is 1. The van der Waals surface area contributed by atoms with Crippen LogP contribution in [-0.4, -0.2) is 40.6 Å². The standard InChI is InChI=1S/C22H20O6/c1-10-12-4-3-5-16(28-2)18(12)22(27)19-17(10)21(26)14-8-11(15(24)9-23)6-7-13(14)20(19)25/h3-5,11,23,25-26H,1,6-9H2,2H3/t11-/m0/s1. The van der Waals surface area contributed by atoms with Crippen LogP contribution < -0.4 is 4.74 Å². The maximum absolute atomic E-state index is 13.2. The monoisotopic (exact) mass is 380 g/mol. The van der Waals surface area contributed by atoms with Crippen molar-refractivity contribution in [3.05, 3.63) is 58.2 Å². The quantitative estimate of drug-likeness (QED) is 0.603. The fraction of sp³-hybridized carbons (Fsp3) is 0.273. The number of aliphatic hydroxyl groups excluding tert-OH is 1. The first-order valence-electron chi connectivity index (χ1n) is 9.05. The molecule has 2 aliphatic carbocycles. The van der Waals surface area contributed by atoms with Crippen molar-refractivity contribution in [1.29, 1.82) is 0 Å². The summed E-state index contributed by atoms with van der Waals surface area (Å²) in [4.78, 5) is 25.2. The SMILES string of the molecule is C=C1c2cccc(OC)c2C(=O)c2c(O)c3c(c(O)c21)C[C@@H](C(=O)CO)CC3. The number of carbonyl (C=O) groups excluding carboxylic acids is 2. The zero-order valence-corrected chi connectivity index (χ0v) is 15.4. The van der Waals surface area contributed by atoms with Gasteiger partial charge in [-0.15, -0.1) is 0 Å². The minimum Gasteiger partial charge on any atom is -0.507 e. The predicted molar refractivity (Wildman–Crippen MR) is 102 cm³/mol. The Morgan fingerprint density at radius 1 is 1.18 bits per heavy atom. The van der Waals surface area contributed by atoms with E-state index in [2.05, 4.69) is 6.58 Å². The van der Waals surface area contributed by atoms with E-state index in [-0.39, 0.29) is 34.8 Å². The average Bonchev–Trinajstić information content (AvgIpc) is 2.72. The van der Waals surface area contributed by atoms with E-state index in [1.165, 1.54) is 7.11 Å². The summed E-state index contributed by atoms with van der Waals surface area (Å²) in [6, 6.07) is 5.11. The largest absolute Gasteiger partial charge is 0.507 e. The maximum Gasteiger partial charge on any atom is 0.201 e. The lowest BCUT2D eigenvalue weighted by atomic mass is 9.74. The molecule has 0 heterocycles. The predicted octanol–water partition coefficient (Wildman–Crippen LogP) is 2.38. The van der Waals surface area contributed by atoms with E-state index in [0.29, 0.717) is 46.4 Å². The number of rotatable bonds is 3. The molecular formula is C22H20O6. The number of phenols is 2. The Morgan fingerprint density at radius 3 is 2.57 bits per heavy atom. The van der Waals surface area contributed by atoms with E-state index >= 15 is 0 Å². The van der Waals surface area contributed by atoms with Crippen LogP contribution in [0, 0.1) is 5.92 Å². The van der Waals surface area contributed by atoms with Gasteiger partial charge >= 0.3 is 0 Å². The zero-order valence-electron chi connectivity index (χ0n) is 15.4. The van der Waals surface area contributed by atoms with Gasteiger partial charge in [-0.1, -0.05) is 18.7 Å². The molecular weight excluding hydrogens is 360 g/mol. The van der Waals surface area contributed by atoms with Crippen LogP contribution in [0.3, 0.4) is 0 Å². The zero-order chi connectivity index (χ0) is 20.2. The van der Waals surface area contributed by atoms with Crippen LogP contribution in [-0.2, 0) is 17.6 Å². The highest BCUT2D eigenvalue weighted by molar-refractivity contribution is 6.22. The average molecular weight is 380 g/mol. The van der Waals surface area contributed by atoms with Gasteiger partial charge in [0.15, 0.2) is 5.78 Å². The molecule has 6 heteroatoms. The molecule has 0 aliphatic heterocycles. The minimum atomic E-state index is -0.559. The second-order valence-corrected chi connectivity index (χ2v) is 7.16. The molecule has 0 aromatic heterocycles. The molecule has 3 N–H and O–H groups in total. The van der Waals surface area contributed by atoms with Crippen LogP contribution in [0.5, 0.6) is 17.2 Å². The van der Waals surface area contributed by atoms with Gasteiger partial charge < -0.3 is 20.1 Å². The molecule has 144 valence electrons. The Balaban J connectivity index is 1.95. The number of phenolic OH excluding ortho intramolecular Hbond substituents is 2. The van der Waals surface area contributed by atoms with Crippen molar-refractivity contribution in [3.63, 3.8) is 0 Å². The van der Waals surface area contributed by atoms with Crippen LogP contribution >= 0.6 is 0 Å². The summed E-state index contributed by atoms with van der Waals surface area (Å²) in [5, 5.41) is 31.1. The lowest BCUT2D eigenvalue weighted by Crippen LogP contribution is -2.26. The molecule has 1 atom stereocenters. The van der Waals surface area contributed by atoms with Gasteiger partial charge in [-0.3, -0.25) is 9.59 Å². The van der Waals surface area contributed by atoms with E-state index in [1.54, 1.807) is 18.2 Å². The molecule has 2 aliphatic rings. The third-order valence-electron chi connectivity index (χ3n) is 5.79. The van der Waals surface area contributed by atoms with Gasteiger partial charge in [0.05, 0.1) is 18.2 Å². The molecule has 0 unspecified atom stereocenters. The van der Waals surface area contributed by atoms with Gasteiger partial charge in [-0.2, -0.15) is 0 Å². The summed E-state index contributed by atoms with van der Waals surface area (Å²) < 4.78 is 5.31. The molecule has 0 saturated heterocycles. The van der Waals surface area contributed by atoms with Crippen molar-refractivity contribution in [3.8, 4) is 17.2 Å². The van der Waals surface area contributed by atoms with E-state index in [0.717, 1.165) is 0 Å². The molecule has 28 heavy (non-hydrogen) atoms. The van der Waals surface area contributed by atoms with Crippen LogP contribution in [0.2, 0.25) is 0 Å². The Labute approximate surface area is 161 Å². The molecule has 6 nitrogen and oxygen atoms in total. The first-order chi connectivity index (χ1) is 13.4. The lowest BCUT2D eigenvalue weighted by Gasteiger charge is -2.30. The second-order valence-electron chi connectivity index (χ2n) is 7.16. The van der Waals surface area contributed by atoms with Crippen molar-refractivity contribution in [2.75, 3.05) is 13.7 Å². The van der Waals surface area contributed by atoms with Gasteiger partial charge in [0.25, 0.3) is 0 Å². The van der Waals surface area contributed by atoms with E-state index in [1.807, 2.05) is 0 Å². The number of benzene rings is 2. The Morgan fingerprint density at radius 2 is 1.89 bits per heavy atom. The number of aromatic hydroxyl groups is 2. The number of carbonyl (C=O) groups is 2. The van der Waals surface area contributed by atoms with Crippen molar-refractivity contribution in [1.82, 2.24) is 0 Å². The summed E-state index contributed by atoms with van der Waals surface area (Å²) in [7, 11) is 1.46. The normalized spacial score (nSPS) is 17.6. The molecule has 0 fully saturated rings. The first kappa shape index (κ1) is 18.3. The van der Waals surface area contributed by atoms with Gasteiger partial charge in [-0.25, -0.2) is 0 Å². The topological polar surface area (TPSA) is 104 Å². The van der Waals surface area contributed by atoms with Crippen molar-refractivity contribution >= 4 is 17.1 Å². The lowest BCUT2D eigenvalue weighted by molar-refractivity contribution is -0.125. The van der Waals surface area contributed by atoms with Crippen LogP contribution in [0.4, 0.5) is 0 Å². The van der Waals surface area contributed by atoms with Crippen molar-refractivity contribution in [2.24, 2.45) is 5.92 Å². The molecule has 0 saturated carbocycles. The summed E-state index contributed by atoms with van der Waals surface area (Å²) in [5.41, 5.74) is 2.37. The highest BCUT2D eigenvalue weighted by atomic mass is 16.5. The third kappa shape index (κ3) is 2.38. The van der Waals surface area contributed by atoms with Crippen molar-refractivity contribution in [2.45, 2.75) is 19.3 Å². The van der Waals surface area contributed by atoms with E-state index < -0.39 is 18.3 Å². The Bertz CT molecular complexity index is 1050. The summed E-state index contributed by atoms with van der Waals surface area (Å²) in [5.74, 6) is -1.10. The molecule has 2 aromatic carbocycles. The van der Waals surface area contributed by atoms with Crippen molar-refractivity contribution < 1.29 is 29.6 Å². The summed E-state index contributed by atoms with van der Waals surface area (Å²) in [6.07, 6.45) is 0.970. The second kappa shape index (κ2) is 6.49.